The minimum Gasteiger partial charge on any atom is -0.478 e. The lowest BCUT2D eigenvalue weighted by atomic mass is 10.2. The number of benzene rings is 2. The number of carboxylic acids is 1. The lowest BCUT2D eigenvalue weighted by Crippen LogP contribution is -1.98. The third-order valence-electron chi connectivity index (χ3n) is 2.77. The summed E-state index contributed by atoms with van der Waals surface area (Å²) >= 11 is 11.0. The molecule has 2 nitrogen and oxygen atoms in total. The van der Waals surface area contributed by atoms with E-state index < -0.39 is 5.97 Å². The number of halogens is 2. The van der Waals surface area contributed by atoms with E-state index in [0.717, 1.165) is 20.5 Å². The molecular formula is C15H12BrClO2S. The molecule has 0 spiro atoms. The smallest absolute Gasteiger partial charge is 0.336 e. The number of carboxylic acid groups (broad SMARTS) is 1. The molecule has 1 N–H and O–H groups in total. The van der Waals surface area contributed by atoms with Crippen molar-refractivity contribution in [3.05, 3.63) is 62.6 Å². The number of carbonyl (C=O) groups is 1. The van der Waals surface area contributed by atoms with Gasteiger partial charge >= 0.3 is 5.97 Å². The fourth-order valence-corrected chi connectivity index (χ4v) is 3.69. The lowest BCUT2D eigenvalue weighted by molar-refractivity contribution is 0.0693. The zero-order valence-corrected chi connectivity index (χ0v) is 13.8. The molecule has 5 heteroatoms. The molecule has 0 amide bonds. The molecule has 2 aromatic rings. The SMILES string of the molecule is Cc1ccc(CSc2cc(Br)ccc2C(=O)O)c(Cl)c1. The molecule has 2 rings (SSSR count). The van der Waals surface area contributed by atoms with Gasteiger partial charge in [-0.05, 0) is 42.3 Å². The van der Waals surface area contributed by atoms with Crippen molar-refractivity contribution >= 4 is 45.3 Å². The predicted octanol–water partition coefficient (Wildman–Crippen LogP) is 5.40. The lowest BCUT2D eigenvalue weighted by Gasteiger charge is -2.08. The van der Waals surface area contributed by atoms with Crippen LogP contribution in [-0.4, -0.2) is 11.1 Å². The highest BCUT2D eigenvalue weighted by molar-refractivity contribution is 9.10. The average molecular weight is 372 g/mol. The van der Waals surface area contributed by atoms with Crippen LogP contribution in [0.4, 0.5) is 0 Å². The maximum Gasteiger partial charge on any atom is 0.336 e. The van der Waals surface area contributed by atoms with Crippen molar-refractivity contribution in [2.45, 2.75) is 17.6 Å². The van der Waals surface area contributed by atoms with Crippen LogP contribution in [0.2, 0.25) is 5.02 Å². The standard InChI is InChI=1S/C15H12BrClO2S/c1-9-2-3-10(13(17)6-9)8-20-14-7-11(16)4-5-12(14)15(18)19/h2-7H,8H2,1H3,(H,18,19). The number of rotatable bonds is 4. The third-order valence-corrected chi connectivity index (χ3v) is 4.72. The van der Waals surface area contributed by atoms with Gasteiger partial charge in [-0.2, -0.15) is 0 Å². The third kappa shape index (κ3) is 3.78. The Kier molecular flexibility index (Phi) is 5.13. The highest BCUT2D eigenvalue weighted by Crippen LogP contribution is 2.31. The second-order valence-corrected chi connectivity index (χ2v) is 6.67. The van der Waals surface area contributed by atoms with Crippen LogP contribution in [0.25, 0.3) is 0 Å². The van der Waals surface area contributed by atoms with Crippen molar-refractivity contribution in [3.8, 4) is 0 Å². The summed E-state index contributed by atoms with van der Waals surface area (Å²) in [5.74, 6) is -0.287. The highest BCUT2D eigenvalue weighted by Gasteiger charge is 2.11. The monoisotopic (exact) mass is 370 g/mol. The van der Waals surface area contributed by atoms with Crippen LogP contribution in [0.3, 0.4) is 0 Å². The average Bonchev–Trinajstić information content (AvgIpc) is 2.37. The van der Waals surface area contributed by atoms with Crippen LogP contribution in [0, 0.1) is 6.92 Å². The van der Waals surface area contributed by atoms with Crippen molar-refractivity contribution in [1.82, 2.24) is 0 Å². The van der Waals surface area contributed by atoms with Gasteiger partial charge in [0.2, 0.25) is 0 Å². The summed E-state index contributed by atoms with van der Waals surface area (Å²) in [5, 5.41) is 9.90. The maximum absolute atomic E-state index is 11.2. The van der Waals surface area contributed by atoms with Gasteiger partial charge in [-0.15, -0.1) is 11.8 Å². The Morgan fingerprint density at radius 2 is 2.05 bits per heavy atom. The van der Waals surface area contributed by atoms with E-state index in [0.29, 0.717) is 16.3 Å². The first-order chi connectivity index (χ1) is 9.47. The highest BCUT2D eigenvalue weighted by atomic mass is 79.9. The fraction of sp³-hybridized carbons (Fsp3) is 0.133. The van der Waals surface area contributed by atoms with Crippen molar-refractivity contribution in [1.29, 1.82) is 0 Å². The Bertz CT molecular complexity index is 658. The number of hydrogen-bond acceptors (Lipinski definition) is 2. The van der Waals surface area contributed by atoms with Gasteiger partial charge in [0.05, 0.1) is 5.56 Å². The Labute approximate surface area is 135 Å². The summed E-state index contributed by atoms with van der Waals surface area (Å²) in [6.07, 6.45) is 0. The van der Waals surface area contributed by atoms with Crippen LogP contribution >= 0.6 is 39.3 Å². The summed E-state index contributed by atoms with van der Waals surface area (Å²) < 4.78 is 0.861. The van der Waals surface area contributed by atoms with E-state index in [1.807, 2.05) is 31.2 Å². The molecule has 0 aliphatic rings. The quantitative estimate of drug-likeness (QED) is 0.731. The minimum atomic E-state index is -0.921. The molecule has 0 bridgehead atoms. The first-order valence-corrected chi connectivity index (χ1v) is 8.03. The molecule has 0 fully saturated rings. The van der Waals surface area contributed by atoms with Gasteiger partial charge in [-0.3, -0.25) is 0 Å². The Hall–Kier alpha value is -0.970. The van der Waals surface area contributed by atoms with Crippen molar-refractivity contribution < 1.29 is 9.90 Å². The Morgan fingerprint density at radius 3 is 2.70 bits per heavy atom. The molecule has 0 aliphatic carbocycles. The predicted molar refractivity (Wildman–Crippen MR) is 86.9 cm³/mol. The van der Waals surface area contributed by atoms with E-state index in [9.17, 15) is 9.90 Å². The van der Waals surface area contributed by atoms with Crippen LogP contribution < -0.4 is 0 Å². The van der Waals surface area contributed by atoms with Crippen LogP contribution in [-0.2, 0) is 5.75 Å². The topological polar surface area (TPSA) is 37.3 Å². The van der Waals surface area contributed by atoms with E-state index in [4.69, 9.17) is 11.6 Å². The molecule has 104 valence electrons. The second kappa shape index (κ2) is 6.66. The van der Waals surface area contributed by atoms with Gasteiger partial charge in [-0.25, -0.2) is 4.79 Å². The van der Waals surface area contributed by atoms with Crippen LogP contribution in [0.5, 0.6) is 0 Å². The molecule has 0 aliphatic heterocycles. The molecule has 0 aromatic heterocycles. The van der Waals surface area contributed by atoms with E-state index in [1.165, 1.54) is 11.8 Å². The maximum atomic E-state index is 11.2. The van der Waals surface area contributed by atoms with Crippen molar-refractivity contribution in [3.63, 3.8) is 0 Å². The van der Waals surface area contributed by atoms with E-state index in [1.54, 1.807) is 12.1 Å². The Morgan fingerprint density at radius 1 is 1.30 bits per heavy atom. The molecule has 0 atom stereocenters. The second-order valence-electron chi connectivity index (χ2n) is 4.33. The Balaban J connectivity index is 2.22. The molecule has 0 unspecified atom stereocenters. The number of aromatic carboxylic acids is 1. The van der Waals surface area contributed by atoms with Gasteiger partial charge in [0, 0.05) is 20.1 Å². The van der Waals surface area contributed by atoms with Crippen molar-refractivity contribution in [2.75, 3.05) is 0 Å². The largest absolute Gasteiger partial charge is 0.478 e. The first kappa shape index (κ1) is 15.4. The number of aryl methyl sites for hydroxylation is 1. The van der Waals surface area contributed by atoms with Crippen molar-refractivity contribution in [2.24, 2.45) is 0 Å². The van der Waals surface area contributed by atoms with E-state index >= 15 is 0 Å². The van der Waals surface area contributed by atoms with E-state index in [-0.39, 0.29) is 0 Å². The van der Waals surface area contributed by atoms with Gasteiger partial charge < -0.3 is 5.11 Å². The van der Waals surface area contributed by atoms with Gasteiger partial charge in [0.1, 0.15) is 0 Å². The summed E-state index contributed by atoms with van der Waals surface area (Å²) in [4.78, 5) is 11.9. The summed E-state index contributed by atoms with van der Waals surface area (Å²) in [6, 6.07) is 11.0. The molecular weight excluding hydrogens is 360 g/mol. The molecule has 0 saturated carbocycles. The molecule has 2 aromatic carbocycles. The fourth-order valence-electron chi connectivity index (χ4n) is 1.72. The van der Waals surface area contributed by atoms with Crippen LogP contribution in [0.15, 0.2) is 45.8 Å². The zero-order valence-electron chi connectivity index (χ0n) is 10.7. The van der Waals surface area contributed by atoms with E-state index in [2.05, 4.69) is 15.9 Å². The summed E-state index contributed by atoms with van der Waals surface area (Å²) in [6.45, 7) is 1.99. The zero-order chi connectivity index (χ0) is 14.7. The molecule has 20 heavy (non-hydrogen) atoms. The first-order valence-electron chi connectivity index (χ1n) is 5.88. The summed E-state index contributed by atoms with van der Waals surface area (Å²) in [7, 11) is 0. The molecule has 0 heterocycles. The van der Waals surface area contributed by atoms with Gasteiger partial charge in [0.25, 0.3) is 0 Å². The van der Waals surface area contributed by atoms with Crippen LogP contribution in [0.1, 0.15) is 21.5 Å². The molecule has 0 saturated heterocycles. The molecule has 0 radical (unpaired) electrons. The number of thioether (sulfide) groups is 1. The normalized spacial score (nSPS) is 10.6. The van der Waals surface area contributed by atoms with Gasteiger partial charge in [-0.1, -0.05) is 39.7 Å². The minimum absolute atomic E-state index is 0.307. The number of hydrogen-bond donors (Lipinski definition) is 1. The summed E-state index contributed by atoms with van der Waals surface area (Å²) in [5.41, 5.74) is 2.41. The van der Waals surface area contributed by atoms with Gasteiger partial charge in [0.15, 0.2) is 0 Å².